The van der Waals surface area contributed by atoms with Gasteiger partial charge in [0, 0.05) is 16.5 Å². The maximum Gasteiger partial charge on any atom is 0.227 e. The van der Waals surface area contributed by atoms with E-state index in [4.69, 9.17) is 14.1 Å². The summed E-state index contributed by atoms with van der Waals surface area (Å²) >= 11 is 0. The predicted octanol–water partition coefficient (Wildman–Crippen LogP) is 10.6. The van der Waals surface area contributed by atoms with Crippen LogP contribution < -0.4 is 10.1 Å². The zero-order valence-electron chi connectivity index (χ0n) is 25.0. The molecule has 0 amide bonds. The van der Waals surface area contributed by atoms with Gasteiger partial charge in [0.25, 0.3) is 0 Å². The molecule has 6 aromatic carbocycles. The van der Waals surface area contributed by atoms with Crippen LogP contribution in [0, 0.1) is 0 Å². The highest BCUT2D eigenvalue weighted by Crippen LogP contribution is 2.49. The van der Waals surface area contributed by atoms with Crippen molar-refractivity contribution in [1.82, 2.24) is 4.98 Å². The molecular weight excluding hydrogens is 552 g/mol. The average molecular weight is 583 g/mol. The second kappa shape index (κ2) is 9.70. The van der Waals surface area contributed by atoms with Crippen molar-refractivity contribution in [2.24, 2.45) is 0 Å². The molecule has 0 radical (unpaired) electrons. The number of ether oxygens (including phenoxy) is 1. The Bertz CT molecular complexity index is 2220. The molecule has 1 N–H and O–H groups in total. The summed E-state index contributed by atoms with van der Waals surface area (Å²) < 4.78 is 12.6. The number of hydrogen-bond donors (Lipinski definition) is 1. The maximum atomic E-state index is 6.35. The summed E-state index contributed by atoms with van der Waals surface area (Å²) in [6.07, 6.45) is -0.325. The van der Waals surface area contributed by atoms with Crippen LogP contribution in [0.2, 0.25) is 0 Å². The van der Waals surface area contributed by atoms with E-state index in [1.165, 1.54) is 33.4 Å². The Morgan fingerprint density at radius 2 is 1.31 bits per heavy atom. The van der Waals surface area contributed by atoms with Gasteiger partial charge >= 0.3 is 0 Å². The number of benzene rings is 6. The Morgan fingerprint density at radius 1 is 0.600 bits per heavy atom. The van der Waals surface area contributed by atoms with Gasteiger partial charge in [0.05, 0.1) is 5.69 Å². The van der Waals surface area contributed by atoms with E-state index in [9.17, 15) is 0 Å². The molecule has 0 fully saturated rings. The highest BCUT2D eigenvalue weighted by atomic mass is 16.5. The molecule has 2 aliphatic rings. The molecule has 0 saturated carbocycles. The van der Waals surface area contributed by atoms with Gasteiger partial charge in [-0.15, -0.1) is 0 Å². The summed E-state index contributed by atoms with van der Waals surface area (Å²) in [4.78, 5) is 4.83. The fraction of sp³-hybridized carbons (Fsp3) is 0.0976. The lowest BCUT2D eigenvalue weighted by molar-refractivity contribution is 0.260. The Hall–Kier alpha value is -5.61. The van der Waals surface area contributed by atoms with Crippen LogP contribution in [-0.2, 0) is 5.41 Å². The Kier molecular flexibility index (Phi) is 5.57. The van der Waals surface area contributed by atoms with Gasteiger partial charge in [0.2, 0.25) is 5.89 Å². The van der Waals surface area contributed by atoms with Crippen LogP contribution in [0.25, 0.3) is 55.9 Å². The van der Waals surface area contributed by atoms with Crippen LogP contribution in [0.15, 0.2) is 138 Å². The van der Waals surface area contributed by atoms with Crippen LogP contribution in [0.4, 0.5) is 5.69 Å². The highest BCUT2D eigenvalue weighted by Gasteiger charge is 2.35. The van der Waals surface area contributed by atoms with Crippen molar-refractivity contribution in [2.45, 2.75) is 25.5 Å². The minimum Gasteiger partial charge on any atom is -0.464 e. The molecule has 9 rings (SSSR count). The molecule has 1 aliphatic carbocycles. The van der Waals surface area contributed by atoms with Gasteiger partial charge in [-0.1, -0.05) is 92.7 Å². The molecule has 7 aromatic rings. The normalized spacial score (nSPS) is 15.6. The van der Waals surface area contributed by atoms with Crippen LogP contribution in [0.1, 0.15) is 36.8 Å². The summed E-state index contributed by atoms with van der Waals surface area (Å²) in [6.45, 7) is 4.66. The molecule has 45 heavy (non-hydrogen) atoms. The second-order valence-corrected chi connectivity index (χ2v) is 12.5. The van der Waals surface area contributed by atoms with Crippen molar-refractivity contribution < 1.29 is 9.15 Å². The van der Waals surface area contributed by atoms with Crippen molar-refractivity contribution in [1.29, 1.82) is 0 Å². The van der Waals surface area contributed by atoms with E-state index < -0.39 is 0 Å². The monoisotopic (exact) mass is 582 g/mol. The molecule has 1 aromatic heterocycles. The van der Waals surface area contributed by atoms with E-state index in [1.807, 2.05) is 48.5 Å². The zero-order valence-corrected chi connectivity index (χ0v) is 25.0. The number of oxazole rings is 1. The van der Waals surface area contributed by atoms with E-state index in [0.29, 0.717) is 5.89 Å². The lowest BCUT2D eigenvalue weighted by Gasteiger charge is -2.22. The van der Waals surface area contributed by atoms with Crippen LogP contribution in [-0.4, -0.2) is 4.98 Å². The topological polar surface area (TPSA) is 47.3 Å². The molecular formula is C41H30N2O2. The van der Waals surface area contributed by atoms with E-state index in [2.05, 4.69) is 104 Å². The molecule has 0 spiro atoms. The molecule has 216 valence electrons. The molecule has 1 unspecified atom stereocenters. The highest BCUT2D eigenvalue weighted by molar-refractivity contribution is 5.85. The van der Waals surface area contributed by atoms with Gasteiger partial charge in [0.15, 0.2) is 11.8 Å². The number of nitrogens with one attached hydrogen (secondary N) is 1. The first kappa shape index (κ1) is 25.8. The van der Waals surface area contributed by atoms with Crippen LogP contribution in [0.5, 0.6) is 5.75 Å². The molecule has 4 heteroatoms. The zero-order chi connectivity index (χ0) is 30.1. The largest absolute Gasteiger partial charge is 0.464 e. The van der Waals surface area contributed by atoms with Crippen molar-refractivity contribution in [3.8, 4) is 50.6 Å². The standard InChI is InChI=1S/C41H30N2O2/c1-41(2)33-13-4-3-12-31(33)32-19-18-27(24-34(32)41)25-10-9-11-26(20-25)28-21-29(39-42-35-14-5-7-16-37(35)44-39)23-30(22-28)40-43-36-15-6-8-17-38(36)45-40/h3-24,39,42H,1-2H3. The van der Waals surface area contributed by atoms with Gasteiger partial charge in [-0.05, 0) is 99.1 Å². The Morgan fingerprint density at radius 3 is 2.20 bits per heavy atom. The minimum atomic E-state index is -0.325. The van der Waals surface area contributed by atoms with Crippen molar-refractivity contribution >= 4 is 16.8 Å². The summed E-state index contributed by atoms with van der Waals surface area (Å²) in [5, 5.41) is 3.54. The number of rotatable bonds is 4. The van der Waals surface area contributed by atoms with Crippen molar-refractivity contribution in [3.63, 3.8) is 0 Å². The van der Waals surface area contributed by atoms with Crippen LogP contribution in [0.3, 0.4) is 0 Å². The lowest BCUT2D eigenvalue weighted by atomic mass is 9.81. The Balaban J connectivity index is 1.14. The number of para-hydroxylation sites is 4. The van der Waals surface area contributed by atoms with E-state index in [-0.39, 0.29) is 11.6 Å². The van der Waals surface area contributed by atoms with Gasteiger partial charge in [-0.25, -0.2) is 4.98 Å². The van der Waals surface area contributed by atoms with E-state index >= 15 is 0 Å². The molecule has 2 heterocycles. The molecule has 0 bridgehead atoms. The fourth-order valence-electron chi connectivity index (χ4n) is 6.99. The number of hydrogen-bond acceptors (Lipinski definition) is 4. The summed E-state index contributed by atoms with van der Waals surface area (Å²) in [5.74, 6) is 1.44. The van der Waals surface area contributed by atoms with Gasteiger partial charge in [-0.3, -0.25) is 0 Å². The fourth-order valence-corrected chi connectivity index (χ4v) is 6.99. The smallest absolute Gasteiger partial charge is 0.227 e. The van der Waals surface area contributed by atoms with Crippen molar-refractivity contribution in [2.75, 3.05) is 5.32 Å². The number of nitrogens with zero attached hydrogens (tertiary/aromatic N) is 1. The van der Waals surface area contributed by atoms with Gasteiger partial charge in [0.1, 0.15) is 11.3 Å². The van der Waals surface area contributed by atoms with Gasteiger partial charge < -0.3 is 14.5 Å². The summed E-state index contributed by atoms with van der Waals surface area (Å²) in [5.41, 5.74) is 14.5. The molecule has 4 nitrogen and oxygen atoms in total. The first-order valence-electron chi connectivity index (χ1n) is 15.4. The second-order valence-electron chi connectivity index (χ2n) is 12.5. The molecule has 0 saturated heterocycles. The van der Waals surface area contributed by atoms with Crippen molar-refractivity contribution in [3.05, 3.63) is 150 Å². The molecule has 1 aliphatic heterocycles. The lowest BCUT2D eigenvalue weighted by Crippen LogP contribution is -2.14. The third-order valence-corrected chi connectivity index (χ3v) is 9.33. The number of aromatic nitrogens is 1. The number of fused-ring (bicyclic) bond motifs is 5. The first-order chi connectivity index (χ1) is 22.0. The SMILES string of the molecule is CC1(C)c2ccccc2-c2ccc(-c3cccc(-c4cc(-c5nc6ccccc6o5)cc(C5Nc6ccccc6O5)c4)c3)cc21. The Labute approximate surface area is 262 Å². The van der Waals surface area contributed by atoms with E-state index in [0.717, 1.165) is 44.8 Å². The van der Waals surface area contributed by atoms with Gasteiger partial charge in [-0.2, -0.15) is 0 Å². The third kappa shape index (κ3) is 4.17. The first-order valence-corrected chi connectivity index (χ1v) is 15.4. The maximum absolute atomic E-state index is 6.35. The summed E-state index contributed by atoms with van der Waals surface area (Å²) in [6, 6.07) is 46.9. The predicted molar refractivity (Wildman–Crippen MR) is 181 cm³/mol. The van der Waals surface area contributed by atoms with E-state index in [1.54, 1.807) is 0 Å². The minimum absolute atomic E-state index is 0.0474. The van der Waals surface area contributed by atoms with Crippen LogP contribution >= 0.6 is 0 Å². The quantitative estimate of drug-likeness (QED) is 0.224. The number of anilines is 1. The molecule has 1 atom stereocenters. The average Bonchev–Trinajstić information content (AvgIpc) is 3.78. The summed E-state index contributed by atoms with van der Waals surface area (Å²) in [7, 11) is 0. The third-order valence-electron chi connectivity index (χ3n) is 9.33.